The molecule has 1 saturated heterocycles. The summed E-state index contributed by atoms with van der Waals surface area (Å²) in [6.45, 7) is 13.8. The molecule has 0 spiro atoms. The van der Waals surface area contributed by atoms with Crippen molar-refractivity contribution in [2.45, 2.75) is 72.5 Å². The number of piperidine rings is 1. The van der Waals surface area contributed by atoms with Crippen LogP contribution in [0.5, 0.6) is 11.6 Å². The van der Waals surface area contributed by atoms with Crippen LogP contribution >= 0.6 is 0 Å². The van der Waals surface area contributed by atoms with Gasteiger partial charge in [-0.25, -0.2) is 14.2 Å². The van der Waals surface area contributed by atoms with Crippen molar-refractivity contribution in [2.24, 2.45) is 5.41 Å². The zero-order valence-corrected chi connectivity index (χ0v) is 25.7. The van der Waals surface area contributed by atoms with Gasteiger partial charge >= 0.3 is 5.97 Å². The van der Waals surface area contributed by atoms with Gasteiger partial charge in [-0.15, -0.1) is 0 Å². The van der Waals surface area contributed by atoms with E-state index in [-0.39, 0.29) is 11.2 Å². The minimum atomic E-state index is -1.21. The molecule has 0 amide bonds. The van der Waals surface area contributed by atoms with Crippen LogP contribution in [-0.4, -0.2) is 53.5 Å². The number of anilines is 1. The number of carboxylic acid groups (broad SMARTS) is 1. The Morgan fingerprint density at radius 3 is 2.38 bits per heavy atom. The first kappa shape index (κ1) is 31.2. The third kappa shape index (κ3) is 7.56. The zero-order chi connectivity index (χ0) is 30.7. The molecule has 0 saturated carbocycles. The van der Waals surface area contributed by atoms with Crippen LogP contribution in [0.4, 0.5) is 10.1 Å². The Balaban J connectivity index is 1.74. The third-order valence-electron chi connectivity index (χ3n) is 7.53. The SMILES string of the molecule is COc1nc(-c2cnc(C)c(C(OC(C)(C)C)C(=O)O)c2N2CCC(C)(C)CC2)ccc1OCCc1ccc(F)cc1. The van der Waals surface area contributed by atoms with E-state index in [4.69, 9.17) is 19.2 Å². The molecule has 4 rings (SSSR count). The monoisotopic (exact) mass is 579 g/mol. The van der Waals surface area contributed by atoms with E-state index in [1.54, 1.807) is 24.4 Å². The molecule has 42 heavy (non-hydrogen) atoms. The summed E-state index contributed by atoms with van der Waals surface area (Å²) in [6, 6.07) is 9.96. The molecule has 9 heteroatoms. The van der Waals surface area contributed by atoms with E-state index in [0.717, 1.165) is 37.2 Å². The number of carbonyl (C=O) groups is 1. The minimum Gasteiger partial charge on any atom is -0.488 e. The molecule has 8 nitrogen and oxygen atoms in total. The van der Waals surface area contributed by atoms with Gasteiger partial charge in [0.25, 0.3) is 5.88 Å². The van der Waals surface area contributed by atoms with Crippen molar-refractivity contribution in [3.8, 4) is 22.9 Å². The van der Waals surface area contributed by atoms with Gasteiger partial charge in [-0.1, -0.05) is 26.0 Å². The smallest absolute Gasteiger partial charge is 0.337 e. The predicted octanol–water partition coefficient (Wildman–Crippen LogP) is 6.79. The number of hydrogen-bond acceptors (Lipinski definition) is 7. The van der Waals surface area contributed by atoms with Gasteiger partial charge < -0.3 is 24.2 Å². The van der Waals surface area contributed by atoms with Crippen LogP contribution < -0.4 is 14.4 Å². The number of aryl methyl sites for hydroxylation is 1. The van der Waals surface area contributed by atoms with Crippen LogP contribution in [0.15, 0.2) is 42.6 Å². The second kappa shape index (κ2) is 12.7. The molecule has 3 heterocycles. The fourth-order valence-electron chi connectivity index (χ4n) is 5.14. The van der Waals surface area contributed by atoms with E-state index < -0.39 is 17.7 Å². The van der Waals surface area contributed by atoms with Gasteiger partial charge in [0.15, 0.2) is 11.9 Å². The van der Waals surface area contributed by atoms with Crippen molar-refractivity contribution >= 4 is 11.7 Å². The molecule has 1 aromatic carbocycles. The maximum Gasteiger partial charge on any atom is 0.337 e. The van der Waals surface area contributed by atoms with Gasteiger partial charge in [-0.05, 0) is 75.8 Å². The Kier molecular flexibility index (Phi) is 9.40. The Morgan fingerprint density at radius 2 is 1.79 bits per heavy atom. The Labute approximate surface area is 247 Å². The van der Waals surface area contributed by atoms with E-state index in [2.05, 4.69) is 23.7 Å². The largest absolute Gasteiger partial charge is 0.488 e. The van der Waals surface area contributed by atoms with Gasteiger partial charge in [-0.3, -0.25) is 4.98 Å². The van der Waals surface area contributed by atoms with Gasteiger partial charge in [-0.2, -0.15) is 0 Å². The second-order valence-corrected chi connectivity index (χ2v) is 12.5. The summed E-state index contributed by atoms with van der Waals surface area (Å²) in [7, 11) is 1.53. The summed E-state index contributed by atoms with van der Waals surface area (Å²) < 4.78 is 31.0. The Hall–Kier alpha value is -3.72. The zero-order valence-electron chi connectivity index (χ0n) is 25.7. The number of pyridine rings is 2. The molecule has 0 radical (unpaired) electrons. The molecule has 1 atom stereocenters. The van der Waals surface area contributed by atoms with E-state index in [9.17, 15) is 14.3 Å². The fraction of sp³-hybridized carbons (Fsp3) is 0.485. The molecular formula is C33H42FN3O5. The molecular weight excluding hydrogens is 537 g/mol. The number of aromatic nitrogens is 2. The fourth-order valence-corrected chi connectivity index (χ4v) is 5.14. The molecule has 226 valence electrons. The normalized spacial score (nSPS) is 15.8. The maximum atomic E-state index is 13.2. The van der Waals surface area contributed by atoms with Crippen molar-refractivity contribution in [3.63, 3.8) is 0 Å². The molecule has 1 fully saturated rings. The molecule has 1 aliphatic heterocycles. The highest BCUT2D eigenvalue weighted by atomic mass is 19.1. The van der Waals surface area contributed by atoms with Gasteiger partial charge in [0.05, 0.1) is 30.7 Å². The highest BCUT2D eigenvalue weighted by molar-refractivity contribution is 5.85. The summed E-state index contributed by atoms with van der Waals surface area (Å²) in [5.41, 5.74) is 3.66. The number of hydrogen-bond donors (Lipinski definition) is 1. The van der Waals surface area contributed by atoms with Crippen LogP contribution in [0.1, 0.15) is 70.4 Å². The molecule has 1 N–H and O–H groups in total. The van der Waals surface area contributed by atoms with Crippen molar-refractivity contribution in [3.05, 3.63) is 65.2 Å². The topological polar surface area (TPSA) is 94.0 Å². The average Bonchev–Trinajstić information content (AvgIpc) is 2.92. The van der Waals surface area contributed by atoms with Gasteiger partial charge in [0, 0.05) is 42.5 Å². The van der Waals surface area contributed by atoms with Crippen LogP contribution in [-0.2, 0) is 16.0 Å². The number of aliphatic carboxylic acids is 1. The van der Waals surface area contributed by atoms with E-state index in [0.29, 0.717) is 47.2 Å². The van der Waals surface area contributed by atoms with Crippen molar-refractivity contribution in [2.75, 3.05) is 31.7 Å². The van der Waals surface area contributed by atoms with Crippen molar-refractivity contribution in [1.29, 1.82) is 0 Å². The number of rotatable bonds is 10. The number of nitrogens with zero attached hydrogens (tertiary/aromatic N) is 3. The number of methoxy groups -OCH3 is 1. The lowest BCUT2D eigenvalue weighted by atomic mass is 9.82. The van der Waals surface area contributed by atoms with Crippen molar-refractivity contribution in [1.82, 2.24) is 9.97 Å². The molecule has 3 aromatic rings. The highest BCUT2D eigenvalue weighted by Crippen LogP contribution is 2.43. The summed E-state index contributed by atoms with van der Waals surface area (Å²) in [5.74, 6) is -0.562. The summed E-state index contributed by atoms with van der Waals surface area (Å²) in [6.07, 6.45) is 3.06. The lowest BCUT2D eigenvalue weighted by molar-refractivity contribution is -0.160. The van der Waals surface area contributed by atoms with E-state index in [1.807, 2.05) is 33.8 Å². The maximum absolute atomic E-state index is 13.2. The lowest BCUT2D eigenvalue weighted by Gasteiger charge is -2.40. The lowest BCUT2D eigenvalue weighted by Crippen LogP contribution is -2.39. The first-order chi connectivity index (χ1) is 19.8. The first-order valence-electron chi connectivity index (χ1n) is 14.4. The Morgan fingerprint density at radius 1 is 1.12 bits per heavy atom. The quantitative estimate of drug-likeness (QED) is 0.281. The minimum absolute atomic E-state index is 0.196. The van der Waals surface area contributed by atoms with Crippen LogP contribution in [0.3, 0.4) is 0 Å². The summed E-state index contributed by atoms with van der Waals surface area (Å²) in [5, 5.41) is 10.3. The van der Waals surface area contributed by atoms with Crippen molar-refractivity contribution < 1.29 is 28.5 Å². The molecule has 1 aliphatic rings. The van der Waals surface area contributed by atoms with Crippen LogP contribution in [0, 0.1) is 18.2 Å². The second-order valence-electron chi connectivity index (χ2n) is 12.5. The summed E-state index contributed by atoms with van der Waals surface area (Å²) in [4.78, 5) is 24.3. The predicted molar refractivity (Wildman–Crippen MR) is 161 cm³/mol. The molecule has 1 unspecified atom stereocenters. The third-order valence-corrected chi connectivity index (χ3v) is 7.53. The standard InChI is InChI=1S/C33H42FN3O5/c1-21-27(29(31(38)39)42-32(2,3)4)28(37-17-15-33(5,6)16-18-37)24(20-35-21)25-12-13-26(30(36-25)40-7)41-19-14-22-8-10-23(34)11-9-22/h8-13,20,29H,14-19H2,1-7H3,(H,38,39). The number of benzene rings is 1. The van der Waals surface area contributed by atoms with E-state index in [1.165, 1.54) is 19.2 Å². The molecule has 0 aliphatic carbocycles. The number of halogens is 1. The Bertz CT molecular complexity index is 1390. The van der Waals surface area contributed by atoms with Gasteiger partial charge in [0.2, 0.25) is 0 Å². The van der Waals surface area contributed by atoms with Gasteiger partial charge in [0.1, 0.15) is 5.82 Å². The van der Waals surface area contributed by atoms with Crippen LogP contribution in [0.2, 0.25) is 0 Å². The summed E-state index contributed by atoms with van der Waals surface area (Å²) >= 11 is 0. The average molecular weight is 580 g/mol. The first-order valence-corrected chi connectivity index (χ1v) is 14.4. The number of carboxylic acids is 1. The number of ether oxygens (including phenoxy) is 3. The van der Waals surface area contributed by atoms with Crippen LogP contribution in [0.25, 0.3) is 11.3 Å². The molecule has 2 aromatic heterocycles. The van der Waals surface area contributed by atoms with E-state index >= 15 is 0 Å². The molecule has 0 bridgehead atoms. The highest BCUT2D eigenvalue weighted by Gasteiger charge is 2.36.